The smallest absolute Gasteiger partial charge is 0.356 e. The van der Waals surface area contributed by atoms with Crippen LogP contribution in [0.1, 0.15) is 36.8 Å². The molecule has 1 aromatic heterocycles. The summed E-state index contributed by atoms with van der Waals surface area (Å²) in [5.41, 5.74) is 3.87. The van der Waals surface area contributed by atoms with Gasteiger partial charge in [-0.1, -0.05) is 63.2 Å². The Balaban J connectivity index is 2.11. The zero-order chi connectivity index (χ0) is 17.3. The molecule has 24 heavy (non-hydrogen) atoms. The number of hydrogen-bond acceptors (Lipinski definition) is 2. The van der Waals surface area contributed by atoms with Crippen molar-refractivity contribution in [2.75, 3.05) is 0 Å². The summed E-state index contributed by atoms with van der Waals surface area (Å²) < 4.78 is 1.68. The van der Waals surface area contributed by atoms with E-state index in [1.54, 1.807) is 10.7 Å². The molecule has 1 N–H and O–H groups in total. The van der Waals surface area contributed by atoms with E-state index in [9.17, 15) is 9.90 Å². The number of rotatable bonds is 3. The molecule has 0 unspecified atom stereocenters. The minimum absolute atomic E-state index is 0.0359. The Bertz CT molecular complexity index is 857. The zero-order valence-electron chi connectivity index (χ0n) is 14.0. The summed E-state index contributed by atoms with van der Waals surface area (Å²) in [5.74, 6) is -1.03. The van der Waals surface area contributed by atoms with E-state index < -0.39 is 5.97 Å². The van der Waals surface area contributed by atoms with E-state index >= 15 is 0 Å². The Kier molecular flexibility index (Phi) is 3.97. The van der Waals surface area contributed by atoms with Crippen LogP contribution in [0.15, 0.2) is 60.7 Å². The van der Waals surface area contributed by atoms with Crippen molar-refractivity contribution in [2.24, 2.45) is 0 Å². The van der Waals surface area contributed by atoms with E-state index in [2.05, 4.69) is 38.0 Å². The average Bonchev–Trinajstić information content (AvgIpc) is 3.00. The highest BCUT2D eigenvalue weighted by Gasteiger charge is 2.17. The second kappa shape index (κ2) is 5.96. The predicted molar refractivity (Wildman–Crippen MR) is 94.7 cm³/mol. The van der Waals surface area contributed by atoms with Gasteiger partial charge in [0.25, 0.3) is 0 Å². The van der Waals surface area contributed by atoms with Crippen molar-refractivity contribution in [1.29, 1.82) is 0 Å². The minimum atomic E-state index is -1.03. The monoisotopic (exact) mass is 320 g/mol. The molecule has 1 heterocycles. The quantitative estimate of drug-likeness (QED) is 0.771. The average molecular weight is 320 g/mol. The molecule has 0 saturated carbocycles. The number of para-hydroxylation sites is 1. The topological polar surface area (TPSA) is 55.1 Å². The van der Waals surface area contributed by atoms with Gasteiger partial charge in [-0.15, -0.1) is 0 Å². The molecule has 3 aromatic rings. The van der Waals surface area contributed by atoms with Crippen molar-refractivity contribution < 1.29 is 9.90 Å². The molecule has 0 atom stereocenters. The SMILES string of the molecule is CC(C)(C)c1ccc(-c2cc(C(=O)O)nn2-c2ccccc2)cc1. The highest BCUT2D eigenvalue weighted by atomic mass is 16.4. The molecule has 0 bridgehead atoms. The number of carbonyl (C=O) groups is 1. The number of nitrogens with zero attached hydrogens (tertiary/aromatic N) is 2. The maximum Gasteiger partial charge on any atom is 0.356 e. The Labute approximate surface area is 141 Å². The van der Waals surface area contributed by atoms with Crippen molar-refractivity contribution in [1.82, 2.24) is 9.78 Å². The standard InChI is InChI=1S/C20H20N2O2/c1-20(2,3)15-11-9-14(10-12-15)18-13-17(19(23)24)21-22(18)16-7-5-4-6-8-16/h4-13H,1-3H3,(H,23,24). The van der Waals surface area contributed by atoms with Gasteiger partial charge in [-0.05, 0) is 29.2 Å². The van der Waals surface area contributed by atoms with Crippen LogP contribution in [-0.4, -0.2) is 20.9 Å². The van der Waals surface area contributed by atoms with Crippen LogP contribution in [0.4, 0.5) is 0 Å². The minimum Gasteiger partial charge on any atom is -0.476 e. The van der Waals surface area contributed by atoms with E-state index in [0.29, 0.717) is 0 Å². The van der Waals surface area contributed by atoms with E-state index in [4.69, 9.17) is 0 Å². The van der Waals surface area contributed by atoms with Gasteiger partial charge in [-0.2, -0.15) is 5.10 Å². The normalized spacial score (nSPS) is 11.5. The number of aromatic carboxylic acids is 1. The molecule has 0 aliphatic carbocycles. The molecule has 0 saturated heterocycles. The largest absolute Gasteiger partial charge is 0.476 e. The van der Waals surface area contributed by atoms with Gasteiger partial charge in [0.2, 0.25) is 0 Å². The van der Waals surface area contributed by atoms with Gasteiger partial charge >= 0.3 is 5.97 Å². The van der Waals surface area contributed by atoms with Crippen molar-refractivity contribution >= 4 is 5.97 Å². The predicted octanol–water partition coefficient (Wildman–Crippen LogP) is 4.54. The first kappa shape index (κ1) is 16.0. The number of aromatic nitrogens is 2. The number of hydrogen-bond donors (Lipinski definition) is 1. The van der Waals surface area contributed by atoms with Crippen LogP contribution in [-0.2, 0) is 5.41 Å². The third-order valence-corrected chi connectivity index (χ3v) is 3.98. The Morgan fingerprint density at radius 1 is 1.00 bits per heavy atom. The Morgan fingerprint density at radius 3 is 2.17 bits per heavy atom. The van der Waals surface area contributed by atoms with E-state index in [-0.39, 0.29) is 11.1 Å². The molecule has 0 amide bonds. The highest BCUT2D eigenvalue weighted by molar-refractivity contribution is 5.87. The molecule has 122 valence electrons. The van der Waals surface area contributed by atoms with Crippen LogP contribution < -0.4 is 0 Å². The van der Waals surface area contributed by atoms with E-state index in [0.717, 1.165) is 16.9 Å². The molecule has 0 aliphatic rings. The van der Waals surface area contributed by atoms with Gasteiger partial charge in [0, 0.05) is 5.56 Å². The molecule has 0 fully saturated rings. The second-order valence-corrected chi connectivity index (χ2v) is 6.79. The first-order valence-corrected chi connectivity index (χ1v) is 7.86. The first-order valence-electron chi connectivity index (χ1n) is 7.86. The molecule has 0 spiro atoms. The molecule has 3 rings (SSSR count). The van der Waals surface area contributed by atoms with Crippen LogP contribution in [0.5, 0.6) is 0 Å². The second-order valence-electron chi connectivity index (χ2n) is 6.79. The maximum absolute atomic E-state index is 11.3. The lowest BCUT2D eigenvalue weighted by atomic mass is 9.86. The lowest BCUT2D eigenvalue weighted by molar-refractivity contribution is 0.0690. The lowest BCUT2D eigenvalue weighted by Crippen LogP contribution is -2.10. The van der Waals surface area contributed by atoms with E-state index in [1.807, 2.05) is 42.5 Å². The summed E-state index contributed by atoms with van der Waals surface area (Å²) in [7, 11) is 0. The van der Waals surface area contributed by atoms with Crippen LogP contribution >= 0.6 is 0 Å². The first-order chi connectivity index (χ1) is 11.4. The molecular formula is C20H20N2O2. The molecule has 0 aliphatic heterocycles. The van der Waals surface area contributed by atoms with Crippen LogP contribution in [0, 0.1) is 0 Å². The maximum atomic E-state index is 11.3. The summed E-state index contributed by atoms with van der Waals surface area (Å²) in [6, 6.07) is 19.4. The van der Waals surface area contributed by atoms with Gasteiger partial charge in [-0.25, -0.2) is 9.48 Å². The molecule has 4 heteroatoms. The van der Waals surface area contributed by atoms with Crippen molar-refractivity contribution in [2.45, 2.75) is 26.2 Å². The fraction of sp³-hybridized carbons (Fsp3) is 0.200. The van der Waals surface area contributed by atoms with Crippen molar-refractivity contribution in [3.05, 3.63) is 71.9 Å². The summed E-state index contributed by atoms with van der Waals surface area (Å²) in [5, 5.41) is 13.5. The fourth-order valence-corrected chi connectivity index (χ4v) is 2.60. The van der Waals surface area contributed by atoms with Gasteiger partial charge in [0.15, 0.2) is 5.69 Å². The zero-order valence-corrected chi connectivity index (χ0v) is 14.0. The summed E-state index contributed by atoms with van der Waals surface area (Å²) in [4.78, 5) is 11.3. The van der Waals surface area contributed by atoms with Crippen LogP contribution in [0.3, 0.4) is 0 Å². The molecule has 4 nitrogen and oxygen atoms in total. The molecule has 0 radical (unpaired) electrons. The third kappa shape index (κ3) is 3.08. The lowest BCUT2D eigenvalue weighted by Gasteiger charge is -2.19. The van der Waals surface area contributed by atoms with Gasteiger partial charge < -0.3 is 5.11 Å². The van der Waals surface area contributed by atoms with E-state index in [1.165, 1.54) is 5.56 Å². The number of carboxylic acid groups (broad SMARTS) is 1. The number of carboxylic acids is 1. The van der Waals surface area contributed by atoms with Crippen molar-refractivity contribution in [3.63, 3.8) is 0 Å². The number of benzene rings is 2. The van der Waals surface area contributed by atoms with Crippen LogP contribution in [0.2, 0.25) is 0 Å². The van der Waals surface area contributed by atoms with Crippen molar-refractivity contribution in [3.8, 4) is 16.9 Å². The molecule has 2 aromatic carbocycles. The van der Waals surface area contributed by atoms with Gasteiger partial charge in [0.1, 0.15) is 0 Å². The molecular weight excluding hydrogens is 300 g/mol. The summed E-state index contributed by atoms with van der Waals surface area (Å²) >= 11 is 0. The Hall–Kier alpha value is -2.88. The fourth-order valence-electron chi connectivity index (χ4n) is 2.60. The van der Waals surface area contributed by atoms with Crippen LogP contribution in [0.25, 0.3) is 16.9 Å². The van der Waals surface area contributed by atoms with Gasteiger partial charge in [0.05, 0.1) is 11.4 Å². The highest BCUT2D eigenvalue weighted by Crippen LogP contribution is 2.28. The van der Waals surface area contributed by atoms with Gasteiger partial charge in [-0.3, -0.25) is 0 Å². The third-order valence-electron chi connectivity index (χ3n) is 3.98. The summed E-state index contributed by atoms with van der Waals surface area (Å²) in [6.45, 7) is 6.50. The Morgan fingerprint density at radius 2 is 1.62 bits per heavy atom. The summed E-state index contributed by atoms with van der Waals surface area (Å²) in [6.07, 6.45) is 0.